The molecule has 0 unspecified atom stereocenters. The van der Waals surface area contributed by atoms with Crippen molar-refractivity contribution in [2.24, 2.45) is 0 Å². The summed E-state index contributed by atoms with van der Waals surface area (Å²) >= 11 is 0. The summed E-state index contributed by atoms with van der Waals surface area (Å²) in [6, 6.07) is 0. The molecule has 13 heavy (non-hydrogen) atoms. The van der Waals surface area contributed by atoms with Crippen LogP contribution in [0.4, 0.5) is 0 Å². The first-order chi connectivity index (χ1) is 5.49. The molecule has 0 radical (unpaired) electrons. The molecule has 0 amide bonds. The maximum absolute atomic E-state index is 3.88. The molecule has 2 N–H and O–H groups in total. The Morgan fingerprint density at radius 3 is 1.85 bits per heavy atom. The van der Waals surface area contributed by atoms with Crippen molar-refractivity contribution in [2.75, 3.05) is 0 Å². The van der Waals surface area contributed by atoms with Gasteiger partial charge >= 0.3 is 0 Å². The van der Waals surface area contributed by atoms with Crippen LogP contribution in [-0.2, 0) is 0 Å². The van der Waals surface area contributed by atoms with E-state index in [4.69, 9.17) is 0 Å². The zero-order valence-electron chi connectivity index (χ0n) is 9.07. The van der Waals surface area contributed by atoms with Gasteiger partial charge in [-0.1, -0.05) is 42.0 Å². The summed E-state index contributed by atoms with van der Waals surface area (Å²) in [7, 11) is 0. The van der Waals surface area contributed by atoms with Crippen molar-refractivity contribution < 1.29 is 6.90 Å². The van der Waals surface area contributed by atoms with Crippen molar-refractivity contribution in [2.45, 2.75) is 27.7 Å². The molecule has 0 spiro atoms. The largest absolute Gasteiger partial charge is 0.412 e. The van der Waals surface area contributed by atoms with Crippen molar-refractivity contribution in [1.82, 2.24) is 0 Å². The summed E-state index contributed by atoms with van der Waals surface area (Å²) in [5, 5.41) is 0. The third-order valence-electron chi connectivity index (χ3n) is 1.87. The molecule has 0 bridgehead atoms. The lowest BCUT2D eigenvalue weighted by Crippen LogP contribution is -1.81. The third-order valence-corrected chi connectivity index (χ3v) is 1.87. The van der Waals surface area contributed by atoms with E-state index in [1.165, 1.54) is 11.1 Å². The fourth-order valence-electron chi connectivity index (χ4n) is 0.734. The van der Waals surface area contributed by atoms with Crippen LogP contribution in [0, 0.1) is 0 Å². The average molecular weight is 182 g/mol. The van der Waals surface area contributed by atoms with Gasteiger partial charge in [-0.15, -0.1) is 0 Å². The van der Waals surface area contributed by atoms with E-state index in [1.54, 1.807) is 0 Å². The van der Waals surface area contributed by atoms with Crippen molar-refractivity contribution in [1.29, 1.82) is 0 Å². The molecule has 0 atom stereocenters. The van der Waals surface area contributed by atoms with Gasteiger partial charge in [0, 0.05) is 1.43 Å². The zero-order valence-corrected chi connectivity index (χ0v) is 9.07. The molecule has 0 aromatic heterocycles. The molecule has 0 aliphatic rings. The molecule has 0 aliphatic carbocycles. The summed E-state index contributed by atoms with van der Waals surface area (Å²) in [6.07, 6.45) is 3.96. The van der Waals surface area contributed by atoms with Gasteiger partial charge in [0.25, 0.3) is 0 Å². The minimum atomic E-state index is 0. The quantitative estimate of drug-likeness (QED) is 0.599. The Kier molecular flexibility index (Phi) is 7.15. The minimum Gasteiger partial charge on any atom is -0.412 e. The highest BCUT2D eigenvalue weighted by Crippen LogP contribution is 2.13. The average Bonchev–Trinajstić information content (AvgIpc) is 1.98. The topological polar surface area (TPSA) is 31.5 Å². The second-order valence-corrected chi connectivity index (χ2v) is 3.27. The van der Waals surface area contributed by atoms with E-state index in [0.29, 0.717) is 0 Å². The first-order valence-electron chi connectivity index (χ1n) is 4.13. The van der Waals surface area contributed by atoms with Crippen molar-refractivity contribution in [3.05, 3.63) is 47.6 Å². The standard InChI is InChI=1S/C12H18.H2O.H2/c1-7-12(10(4)5)8-11(6)9(2)3;;/h7-8H,1,4H2,2-3,5-6H3;1H2;1H/b12-8-;;. The number of allylic oxidation sites excluding steroid dienone is 6. The van der Waals surface area contributed by atoms with Crippen molar-refractivity contribution >= 4 is 0 Å². The molecule has 1 heteroatoms. The second-order valence-electron chi connectivity index (χ2n) is 3.27. The van der Waals surface area contributed by atoms with Crippen LogP contribution in [0.5, 0.6) is 0 Å². The first-order valence-corrected chi connectivity index (χ1v) is 4.13. The van der Waals surface area contributed by atoms with Gasteiger partial charge < -0.3 is 5.48 Å². The lowest BCUT2D eigenvalue weighted by Gasteiger charge is -2.02. The van der Waals surface area contributed by atoms with E-state index in [-0.39, 0.29) is 6.90 Å². The van der Waals surface area contributed by atoms with Crippen LogP contribution in [0.3, 0.4) is 0 Å². The van der Waals surface area contributed by atoms with E-state index in [1.807, 2.05) is 13.0 Å². The molecule has 0 saturated carbocycles. The summed E-state index contributed by atoms with van der Waals surface area (Å²) in [5.74, 6) is 0. The van der Waals surface area contributed by atoms with Crippen LogP contribution in [0.2, 0.25) is 0 Å². The van der Waals surface area contributed by atoms with Gasteiger partial charge in [0.1, 0.15) is 0 Å². The van der Waals surface area contributed by atoms with E-state index >= 15 is 0 Å². The van der Waals surface area contributed by atoms with Gasteiger partial charge in [0.2, 0.25) is 0 Å². The van der Waals surface area contributed by atoms with Gasteiger partial charge in [-0.05, 0) is 33.3 Å². The molecular weight excluding hydrogens is 160 g/mol. The van der Waals surface area contributed by atoms with Gasteiger partial charge in [0.05, 0.1) is 0 Å². The normalized spacial score (nSPS) is 10.0. The minimum absolute atomic E-state index is 0. The van der Waals surface area contributed by atoms with Crippen LogP contribution < -0.4 is 0 Å². The molecule has 0 fully saturated rings. The highest BCUT2D eigenvalue weighted by molar-refractivity contribution is 5.41. The Hall–Kier alpha value is -1.08. The second kappa shape index (κ2) is 6.44. The Morgan fingerprint density at radius 1 is 1.15 bits per heavy atom. The van der Waals surface area contributed by atoms with E-state index < -0.39 is 0 Å². The Bertz CT molecular complexity index is 255. The molecule has 0 aromatic rings. The van der Waals surface area contributed by atoms with Gasteiger partial charge in [-0.2, -0.15) is 0 Å². The lowest BCUT2D eigenvalue weighted by molar-refractivity contribution is 0.824. The van der Waals surface area contributed by atoms with Crippen LogP contribution in [0.1, 0.15) is 29.1 Å². The van der Waals surface area contributed by atoms with Gasteiger partial charge in [-0.3, -0.25) is 0 Å². The molecule has 0 rings (SSSR count). The number of hydrogen-bond acceptors (Lipinski definition) is 0. The molecule has 0 aromatic carbocycles. The first kappa shape index (κ1) is 14.4. The monoisotopic (exact) mass is 182 g/mol. The maximum Gasteiger partial charge on any atom is 0 e. The van der Waals surface area contributed by atoms with E-state index in [9.17, 15) is 0 Å². The highest BCUT2D eigenvalue weighted by Gasteiger charge is 1.93. The smallest absolute Gasteiger partial charge is 0 e. The molecule has 76 valence electrons. The van der Waals surface area contributed by atoms with Crippen molar-refractivity contribution in [3.8, 4) is 0 Å². The fraction of sp³-hybridized carbons (Fsp3) is 0.333. The van der Waals surface area contributed by atoms with Gasteiger partial charge in [-0.25, -0.2) is 0 Å². The summed E-state index contributed by atoms with van der Waals surface area (Å²) in [4.78, 5) is 0. The SMILES string of the molecule is C=C/C(=C/C(C)=C(C)C)C(=C)C.O.[HH]. The van der Waals surface area contributed by atoms with Crippen LogP contribution in [0.25, 0.3) is 0 Å². The number of rotatable bonds is 3. The van der Waals surface area contributed by atoms with Crippen LogP contribution in [0.15, 0.2) is 47.6 Å². The van der Waals surface area contributed by atoms with E-state index in [2.05, 4.69) is 40.0 Å². The lowest BCUT2D eigenvalue weighted by atomic mass is 10.0. The van der Waals surface area contributed by atoms with E-state index in [0.717, 1.165) is 11.1 Å². The molecule has 0 heterocycles. The third kappa shape index (κ3) is 5.21. The summed E-state index contributed by atoms with van der Waals surface area (Å²) in [6.45, 7) is 15.9. The molecule has 0 saturated heterocycles. The van der Waals surface area contributed by atoms with Crippen LogP contribution in [-0.4, -0.2) is 5.48 Å². The predicted octanol–water partition coefficient (Wildman–Crippen LogP) is 3.45. The van der Waals surface area contributed by atoms with Crippen LogP contribution >= 0.6 is 0 Å². The Labute approximate surface area is 83.0 Å². The maximum atomic E-state index is 3.88. The summed E-state index contributed by atoms with van der Waals surface area (Å²) in [5.41, 5.74) is 4.79. The highest BCUT2D eigenvalue weighted by atomic mass is 16.0. The number of hydrogen-bond donors (Lipinski definition) is 0. The summed E-state index contributed by atoms with van der Waals surface area (Å²) < 4.78 is 0. The molecular formula is C12H22O. The fourth-order valence-corrected chi connectivity index (χ4v) is 0.734. The Morgan fingerprint density at radius 2 is 1.62 bits per heavy atom. The zero-order chi connectivity index (χ0) is 9.72. The predicted molar refractivity (Wildman–Crippen MR) is 62.9 cm³/mol. The van der Waals surface area contributed by atoms with Gasteiger partial charge in [0.15, 0.2) is 0 Å². The van der Waals surface area contributed by atoms with Crippen molar-refractivity contribution in [3.63, 3.8) is 0 Å². The molecule has 0 aliphatic heterocycles. The Balaban J connectivity index is -0.000000605. The molecule has 1 nitrogen and oxygen atoms in total.